The van der Waals surface area contributed by atoms with Gasteiger partial charge >= 0.3 is 5.97 Å². The number of thioether (sulfide) groups is 1. The van der Waals surface area contributed by atoms with Crippen LogP contribution in [0.15, 0.2) is 0 Å². The molecular weight excluding hydrogens is 256 g/mol. The molecule has 4 saturated carbocycles. The van der Waals surface area contributed by atoms with Crippen LogP contribution in [0.2, 0.25) is 0 Å². The normalized spacial score (nSPS) is 41.3. The Morgan fingerprint density at radius 2 is 1.74 bits per heavy atom. The highest BCUT2D eigenvalue weighted by Gasteiger charge is 2.50. The van der Waals surface area contributed by atoms with Crippen molar-refractivity contribution in [3.63, 3.8) is 0 Å². The van der Waals surface area contributed by atoms with Crippen molar-refractivity contribution >= 4 is 17.7 Å². The van der Waals surface area contributed by atoms with Gasteiger partial charge in [0.25, 0.3) is 0 Å². The molecule has 4 fully saturated rings. The summed E-state index contributed by atoms with van der Waals surface area (Å²) in [5.41, 5.74) is 0.634. The molecule has 108 valence electrons. The second-order valence-corrected chi connectivity index (χ2v) is 8.39. The first-order valence-electron chi connectivity index (χ1n) is 7.76. The Bertz CT molecular complexity index is 317. The van der Waals surface area contributed by atoms with Crippen LogP contribution in [0.1, 0.15) is 45.4 Å². The van der Waals surface area contributed by atoms with E-state index in [0.717, 1.165) is 23.5 Å². The summed E-state index contributed by atoms with van der Waals surface area (Å²) in [5.74, 6) is 5.29. The van der Waals surface area contributed by atoms with Crippen LogP contribution in [0.4, 0.5) is 0 Å². The van der Waals surface area contributed by atoms with E-state index in [4.69, 9.17) is 4.74 Å². The van der Waals surface area contributed by atoms with Crippen LogP contribution < -0.4 is 0 Å². The molecule has 0 saturated heterocycles. The van der Waals surface area contributed by atoms with Crippen LogP contribution in [0.25, 0.3) is 0 Å². The van der Waals surface area contributed by atoms with Gasteiger partial charge in [-0.2, -0.15) is 11.8 Å². The highest BCUT2D eigenvalue weighted by atomic mass is 32.2. The minimum Gasteiger partial charge on any atom is -0.469 e. The SMILES string of the molecule is COC(=O)C(C)CSCC12CC3CC(CC(C3)C1)C2. The van der Waals surface area contributed by atoms with Crippen molar-refractivity contribution in [1.29, 1.82) is 0 Å². The van der Waals surface area contributed by atoms with Crippen LogP contribution >= 0.6 is 11.8 Å². The minimum atomic E-state index is -0.0574. The quantitative estimate of drug-likeness (QED) is 0.718. The topological polar surface area (TPSA) is 26.3 Å². The van der Waals surface area contributed by atoms with Gasteiger partial charge in [-0.15, -0.1) is 0 Å². The van der Waals surface area contributed by atoms with Crippen molar-refractivity contribution in [3.8, 4) is 0 Å². The first kappa shape index (κ1) is 13.8. The molecule has 0 aromatic heterocycles. The van der Waals surface area contributed by atoms with Crippen LogP contribution in [0.5, 0.6) is 0 Å². The van der Waals surface area contributed by atoms with Gasteiger partial charge in [0.1, 0.15) is 0 Å². The fourth-order valence-electron chi connectivity index (χ4n) is 5.19. The fraction of sp³-hybridized carbons (Fsp3) is 0.938. The largest absolute Gasteiger partial charge is 0.469 e. The zero-order valence-electron chi connectivity index (χ0n) is 12.2. The molecule has 1 unspecified atom stereocenters. The molecule has 4 rings (SSSR count). The average Bonchev–Trinajstić information content (AvgIpc) is 2.35. The summed E-state index contributed by atoms with van der Waals surface area (Å²) < 4.78 is 4.81. The fourth-order valence-corrected chi connectivity index (χ4v) is 6.58. The minimum absolute atomic E-state index is 0.0453. The van der Waals surface area contributed by atoms with E-state index in [1.807, 2.05) is 18.7 Å². The Balaban J connectivity index is 1.51. The number of esters is 1. The van der Waals surface area contributed by atoms with Crippen molar-refractivity contribution in [1.82, 2.24) is 0 Å². The van der Waals surface area contributed by atoms with E-state index < -0.39 is 0 Å². The summed E-state index contributed by atoms with van der Waals surface area (Å²) in [4.78, 5) is 11.4. The number of carbonyl (C=O) groups excluding carboxylic acids is 1. The van der Waals surface area contributed by atoms with E-state index in [1.54, 1.807) is 0 Å². The van der Waals surface area contributed by atoms with Crippen molar-refractivity contribution in [2.45, 2.75) is 45.4 Å². The molecule has 0 radical (unpaired) electrons. The summed E-state index contributed by atoms with van der Waals surface area (Å²) in [5, 5.41) is 0. The average molecular weight is 282 g/mol. The van der Waals surface area contributed by atoms with E-state index >= 15 is 0 Å². The van der Waals surface area contributed by atoms with Gasteiger partial charge in [-0.05, 0) is 67.4 Å². The standard InChI is InChI=1S/C16H26O2S/c1-11(15(17)18-2)9-19-10-16-6-12-3-13(7-16)5-14(4-12)8-16/h11-14H,3-10H2,1-2H3. The zero-order chi connectivity index (χ0) is 13.5. The molecule has 0 aromatic carbocycles. The lowest BCUT2D eigenvalue weighted by Gasteiger charge is -2.57. The molecule has 4 aliphatic rings. The Hall–Kier alpha value is -0.180. The van der Waals surface area contributed by atoms with Gasteiger partial charge < -0.3 is 4.74 Å². The van der Waals surface area contributed by atoms with Crippen LogP contribution in [0, 0.1) is 29.1 Å². The Labute approximate surface area is 121 Å². The third-order valence-electron chi connectivity index (χ3n) is 5.54. The van der Waals surface area contributed by atoms with Crippen LogP contribution in [-0.2, 0) is 9.53 Å². The predicted molar refractivity (Wildman–Crippen MR) is 79.1 cm³/mol. The molecule has 0 amide bonds. The summed E-state index contributed by atoms with van der Waals surface area (Å²) in [6.45, 7) is 1.98. The second-order valence-electron chi connectivity index (χ2n) is 7.36. The van der Waals surface area contributed by atoms with Gasteiger partial charge in [-0.1, -0.05) is 6.92 Å². The molecule has 4 aliphatic carbocycles. The van der Waals surface area contributed by atoms with Gasteiger partial charge in [0.05, 0.1) is 13.0 Å². The molecular formula is C16H26O2S. The molecule has 2 nitrogen and oxygen atoms in total. The number of carbonyl (C=O) groups is 1. The monoisotopic (exact) mass is 282 g/mol. The smallest absolute Gasteiger partial charge is 0.309 e. The summed E-state index contributed by atoms with van der Waals surface area (Å²) in [6, 6.07) is 0. The van der Waals surface area contributed by atoms with E-state index in [-0.39, 0.29) is 11.9 Å². The van der Waals surface area contributed by atoms with Gasteiger partial charge in [-0.3, -0.25) is 4.79 Å². The maximum Gasteiger partial charge on any atom is 0.309 e. The molecule has 3 heteroatoms. The highest BCUT2D eigenvalue weighted by Crippen LogP contribution is 2.60. The maximum absolute atomic E-state index is 11.4. The Kier molecular flexibility index (Phi) is 3.85. The maximum atomic E-state index is 11.4. The lowest BCUT2D eigenvalue weighted by molar-refractivity contribution is -0.144. The first-order chi connectivity index (χ1) is 9.10. The van der Waals surface area contributed by atoms with Crippen LogP contribution in [0.3, 0.4) is 0 Å². The number of ether oxygens (including phenoxy) is 1. The van der Waals surface area contributed by atoms with E-state index in [9.17, 15) is 4.79 Å². The number of rotatable bonds is 5. The van der Waals surface area contributed by atoms with Crippen molar-refractivity contribution < 1.29 is 9.53 Å². The number of hydrogen-bond donors (Lipinski definition) is 0. The van der Waals surface area contributed by atoms with Gasteiger partial charge in [0, 0.05) is 5.75 Å². The highest BCUT2D eigenvalue weighted by molar-refractivity contribution is 7.99. The lowest BCUT2D eigenvalue weighted by Crippen LogP contribution is -2.47. The molecule has 1 atom stereocenters. The van der Waals surface area contributed by atoms with Gasteiger partial charge in [0.2, 0.25) is 0 Å². The van der Waals surface area contributed by atoms with E-state index in [1.165, 1.54) is 51.4 Å². The molecule has 0 aliphatic heterocycles. The molecule has 19 heavy (non-hydrogen) atoms. The lowest BCUT2D eigenvalue weighted by atomic mass is 9.50. The zero-order valence-corrected chi connectivity index (χ0v) is 13.0. The van der Waals surface area contributed by atoms with E-state index in [2.05, 4.69) is 0 Å². The number of methoxy groups -OCH3 is 1. The molecule has 0 spiro atoms. The predicted octanol–water partition coefficient (Wildman–Crippen LogP) is 3.75. The molecule has 0 aromatic rings. The molecule has 0 heterocycles. The third kappa shape index (κ3) is 2.81. The molecule has 4 bridgehead atoms. The second kappa shape index (κ2) is 5.31. The summed E-state index contributed by atoms with van der Waals surface area (Å²) in [7, 11) is 1.49. The number of hydrogen-bond acceptors (Lipinski definition) is 3. The van der Waals surface area contributed by atoms with Gasteiger partial charge in [-0.25, -0.2) is 0 Å². The first-order valence-corrected chi connectivity index (χ1v) is 8.91. The van der Waals surface area contributed by atoms with Crippen molar-refractivity contribution in [2.75, 3.05) is 18.6 Å². The van der Waals surface area contributed by atoms with E-state index in [0.29, 0.717) is 5.41 Å². The summed E-state index contributed by atoms with van der Waals surface area (Å²) >= 11 is 1.99. The molecule has 0 N–H and O–H groups in total. The third-order valence-corrected chi connectivity index (χ3v) is 7.10. The summed E-state index contributed by atoms with van der Waals surface area (Å²) in [6.07, 6.45) is 8.96. The Morgan fingerprint density at radius 1 is 1.21 bits per heavy atom. The van der Waals surface area contributed by atoms with Crippen LogP contribution in [-0.4, -0.2) is 24.6 Å². The van der Waals surface area contributed by atoms with Gasteiger partial charge in [0.15, 0.2) is 0 Å². The Morgan fingerprint density at radius 3 is 2.21 bits per heavy atom. The van der Waals surface area contributed by atoms with Crippen molar-refractivity contribution in [2.24, 2.45) is 29.1 Å². The van der Waals surface area contributed by atoms with Crippen molar-refractivity contribution in [3.05, 3.63) is 0 Å².